The number of carbonyl (C=O) groups is 1. The van der Waals surface area contributed by atoms with Gasteiger partial charge in [0.2, 0.25) is 0 Å². The van der Waals surface area contributed by atoms with E-state index in [1.807, 2.05) is 0 Å². The minimum Gasteiger partial charge on any atom is -0.393 e. The molecule has 0 heterocycles. The molecule has 0 bridgehead atoms. The standard InChI is InChI=1S/C12H20O2/c1-8-11(14)6-4-9-3-5-10(13)7-12(8,9)2/h8-9,11,14H,3-7H2,1-2H3. The van der Waals surface area contributed by atoms with Crippen molar-refractivity contribution in [3.05, 3.63) is 0 Å². The molecule has 4 atom stereocenters. The molecule has 0 radical (unpaired) electrons. The zero-order valence-corrected chi connectivity index (χ0v) is 9.12. The van der Waals surface area contributed by atoms with Crippen LogP contribution in [0.1, 0.15) is 46.0 Å². The Kier molecular flexibility index (Phi) is 2.42. The summed E-state index contributed by atoms with van der Waals surface area (Å²) in [6, 6.07) is 0. The number of aliphatic hydroxyl groups excluding tert-OH is 1. The number of hydrogen-bond donors (Lipinski definition) is 1. The molecule has 0 aromatic heterocycles. The van der Waals surface area contributed by atoms with E-state index < -0.39 is 0 Å². The average molecular weight is 196 g/mol. The molecule has 2 nitrogen and oxygen atoms in total. The smallest absolute Gasteiger partial charge is 0.133 e. The van der Waals surface area contributed by atoms with E-state index in [9.17, 15) is 9.90 Å². The molecule has 0 spiro atoms. The third-order valence-corrected chi connectivity index (χ3v) is 4.71. The molecule has 2 rings (SSSR count). The van der Waals surface area contributed by atoms with Gasteiger partial charge in [-0.05, 0) is 36.5 Å². The van der Waals surface area contributed by atoms with Crippen LogP contribution in [0.5, 0.6) is 0 Å². The second-order valence-electron chi connectivity index (χ2n) is 5.39. The first kappa shape index (κ1) is 10.2. The fraction of sp³-hybridized carbons (Fsp3) is 0.917. The average Bonchev–Trinajstić information content (AvgIpc) is 2.13. The lowest BCUT2D eigenvalue weighted by atomic mass is 9.55. The molecular formula is C12H20O2. The zero-order chi connectivity index (χ0) is 10.3. The van der Waals surface area contributed by atoms with Gasteiger partial charge < -0.3 is 5.11 Å². The SMILES string of the molecule is CC1C(O)CCC2CCC(=O)CC21C. The Bertz CT molecular complexity index is 245. The number of Topliss-reactive ketones (excluding diaryl/α,β-unsaturated/α-hetero) is 1. The Morgan fingerprint density at radius 3 is 2.79 bits per heavy atom. The second-order valence-corrected chi connectivity index (χ2v) is 5.39. The van der Waals surface area contributed by atoms with Gasteiger partial charge in [0.25, 0.3) is 0 Å². The lowest BCUT2D eigenvalue weighted by Gasteiger charge is -2.50. The molecule has 14 heavy (non-hydrogen) atoms. The molecule has 0 aliphatic heterocycles. The van der Waals surface area contributed by atoms with Crippen LogP contribution in [0.15, 0.2) is 0 Å². The van der Waals surface area contributed by atoms with Crippen LogP contribution in [0.3, 0.4) is 0 Å². The summed E-state index contributed by atoms with van der Waals surface area (Å²) in [5, 5.41) is 9.86. The maximum absolute atomic E-state index is 11.5. The molecule has 0 saturated heterocycles. The summed E-state index contributed by atoms with van der Waals surface area (Å²) in [5.41, 5.74) is 0.0764. The number of hydrogen-bond acceptors (Lipinski definition) is 2. The molecule has 0 aromatic carbocycles. The predicted octanol–water partition coefficient (Wildman–Crippen LogP) is 2.15. The van der Waals surface area contributed by atoms with Gasteiger partial charge in [-0.1, -0.05) is 13.8 Å². The summed E-state index contributed by atoms with van der Waals surface area (Å²) in [6.07, 6.45) is 4.35. The second kappa shape index (κ2) is 3.34. The van der Waals surface area contributed by atoms with Gasteiger partial charge in [-0.3, -0.25) is 4.79 Å². The van der Waals surface area contributed by atoms with E-state index in [1.54, 1.807) is 0 Å². The summed E-state index contributed by atoms with van der Waals surface area (Å²) in [7, 11) is 0. The third-order valence-electron chi connectivity index (χ3n) is 4.71. The van der Waals surface area contributed by atoms with Gasteiger partial charge in [-0.25, -0.2) is 0 Å². The van der Waals surface area contributed by atoms with Gasteiger partial charge in [0.1, 0.15) is 5.78 Å². The summed E-state index contributed by atoms with van der Waals surface area (Å²) in [4.78, 5) is 11.5. The summed E-state index contributed by atoms with van der Waals surface area (Å²) >= 11 is 0. The van der Waals surface area contributed by atoms with Crippen molar-refractivity contribution in [2.75, 3.05) is 0 Å². The van der Waals surface area contributed by atoms with Crippen molar-refractivity contribution >= 4 is 5.78 Å². The highest BCUT2D eigenvalue weighted by atomic mass is 16.3. The predicted molar refractivity (Wildman–Crippen MR) is 54.9 cm³/mol. The monoisotopic (exact) mass is 196 g/mol. The van der Waals surface area contributed by atoms with Crippen LogP contribution >= 0.6 is 0 Å². The van der Waals surface area contributed by atoms with Gasteiger partial charge in [0, 0.05) is 12.8 Å². The highest BCUT2D eigenvalue weighted by Gasteiger charge is 2.48. The van der Waals surface area contributed by atoms with Crippen molar-refractivity contribution in [1.82, 2.24) is 0 Å². The quantitative estimate of drug-likeness (QED) is 0.644. The van der Waals surface area contributed by atoms with Gasteiger partial charge in [0.15, 0.2) is 0 Å². The lowest BCUT2D eigenvalue weighted by Crippen LogP contribution is -2.48. The van der Waals surface area contributed by atoms with Crippen LogP contribution in [-0.4, -0.2) is 17.0 Å². The lowest BCUT2D eigenvalue weighted by molar-refractivity contribution is -0.134. The largest absolute Gasteiger partial charge is 0.393 e. The molecule has 2 heteroatoms. The fourth-order valence-electron chi connectivity index (χ4n) is 3.39. The summed E-state index contributed by atoms with van der Waals surface area (Å²) in [6.45, 7) is 4.30. The molecule has 2 saturated carbocycles. The molecule has 80 valence electrons. The van der Waals surface area contributed by atoms with E-state index in [0.717, 1.165) is 25.7 Å². The van der Waals surface area contributed by atoms with Gasteiger partial charge in [-0.15, -0.1) is 0 Å². The Morgan fingerprint density at radius 1 is 1.36 bits per heavy atom. The van der Waals surface area contributed by atoms with Crippen LogP contribution in [0, 0.1) is 17.3 Å². The number of ketones is 1. The van der Waals surface area contributed by atoms with Crippen molar-refractivity contribution < 1.29 is 9.90 Å². The molecule has 1 N–H and O–H groups in total. The highest BCUT2D eigenvalue weighted by Crippen LogP contribution is 2.52. The Morgan fingerprint density at radius 2 is 2.07 bits per heavy atom. The van der Waals surface area contributed by atoms with Crippen molar-refractivity contribution in [1.29, 1.82) is 0 Å². The van der Waals surface area contributed by atoms with Crippen molar-refractivity contribution in [2.24, 2.45) is 17.3 Å². The molecule has 0 aromatic rings. The molecule has 0 amide bonds. The van der Waals surface area contributed by atoms with Crippen LogP contribution in [-0.2, 0) is 4.79 Å². The fourth-order valence-corrected chi connectivity index (χ4v) is 3.39. The first-order chi connectivity index (χ1) is 6.54. The summed E-state index contributed by atoms with van der Waals surface area (Å²) < 4.78 is 0. The van der Waals surface area contributed by atoms with Crippen LogP contribution < -0.4 is 0 Å². The van der Waals surface area contributed by atoms with E-state index in [0.29, 0.717) is 18.1 Å². The molecule has 2 fully saturated rings. The van der Waals surface area contributed by atoms with Crippen molar-refractivity contribution in [3.8, 4) is 0 Å². The number of rotatable bonds is 0. The van der Waals surface area contributed by atoms with Gasteiger partial charge in [-0.2, -0.15) is 0 Å². The molecular weight excluding hydrogens is 176 g/mol. The Balaban J connectivity index is 2.22. The maximum Gasteiger partial charge on any atom is 0.133 e. The van der Waals surface area contributed by atoms with E-state index in [4.69, 9.17) is 0 Å². The minimum absolute atomic E-state index is 0.0764. The number of fused-ring (bicyclic) bond motifs is 1. The van der Waals surface area contributed by atoms with E-state index in [-0.39, 0.29) is 17.4 Å². The first-order valence-corrected chi connectivity index (χ1v) is 5.74. The third kappa shape index (κ3) is 1.40. The Labute approximate surface area is 85.7 Å². The molecule has 2 aliphatic carbocycles. The van der Waals surface area contributed by atoms with Crippen LogP contribution in [0.2, 0.25) is 0 Å². The number of carbonyl (C=O) groups excluding carboxylic acids is 1. The van der Waals surface area contributed by atoms with Crippen molar-refractivity contribution in [3.63, 3.8) is 0 Å². The highest BCUT2D eigenvalue weighted by molar-refractivity contribution is 5.80. The number of aliphatic hydroxyl groups is 1. The Hall–Kier alpha value is -0.370. The molecule has 4 unspecified atom stereocenters. The minimum atomic E-state index is -0.192. The van der Waals surface area contributed by atoms with E-state index in [1.165, 1.54) is 0 Å². The topological polar surface area (TPSA) is 37.3 Å². The van der Waals surface area contributed by atoms with E-state index >= 15 is 0 Å². The normalized spacial score (nSPS) is 48.8. The van der Waals surface area contributed by atoms with Gasteiger partial charge >= 0.3 is 0 Å². The molecule has 2 aliphatic rings. The van der Waals surface area contributed by atoms with Crippen molar-refractivity contribution in [2.45, 2.75) is 52.1 Å². The first-order valence-electron chi connectivity index (χ1n) is 5.74. The van der Waals surface area contributed by atoms with E-state index in [2.05, 4.69) is 13.8 Å². The van der Waals surface area contributed by atoms with Crippen LogP contribution in [0.25, 0.3) is 0 Å². The zero-order valence-electron chi connectivity index (χ0n) is 9.12. The van der Waals surface area contributed by atoms with Crippen LogP contribution in [0.4, 0.5) is 0 Å². The van der Waals surface area contributed by atoms with Gasteiger partial charge in [0.05, 0.1) is 6.10 Å². The maximum atomic E-state index is 11.5. The summed E-state index contributed by atoms with van der Waals surface area (Å²) in [5.74, 6) is 1.34.